The van der Waals surface area contributed by atoms with Gasteiger partial charge >= 0.3 is 0 Å². The van der Waals surface area contributed by atoms with Gasteiger partial charge in [0.05, 0.1) is 0 Å². The maximum Gasteiger partial charge on any atom is 0.134 e. The van der Waals surface area contributed by atoms with Crippen LogP contribution in [0.3, 0.4) is 0 Å². The molecule has 5 heteroatoms. The molecule has 0 aromatic carbocycles. The van der Waals surface area contributed by atoms with E-state index >= 15 is 0 Å². The maximum absolute atomic E-state index is 7.74. The highest BCUT2D eigenvalue weighted by Crippen LogP contribution is 2.24. The molecule has 0 unspecified atom stereocenters. The van der Waals surface area contributed by atoms with Crippen LogP contribution in [0, 0.1) is 30.1 Å². The molecule has 0 bridgehead atoms. The van der Waals surface area contributed by atoms with Crippen molar-refractivity contribution in [3.8, 4) is 24.7 Å². The third-order valence-electron chi connectivity index (χ3n) is 3.63. The number of aromatic nitrogens is 1. The van der Waals surface area contributed by atoms with E-state index in [4.69, 9.17) is 18.3 Å². The number of terminal acetylenes is 2. The Kier molecular flexibility index (Phi) is 15.0. The highest BCUT2D eigenvalue weighted by molar-refractivity contribution is 6.13. The third-order valence-corrected chi connectivity index (χ3v) is 3.63. The molecule has 0 fully saturated rings. The van der Waals surface area contributed by atoms with E-state index in [1.54, 1.807) is 6.20 Å². The number of nitrogens with one attached hydrogen (secondary N) is 3. The Bertz CT molecular complexity index is 817. The highest BCUT2D eigenvalue weighted by atomic mass is 15.0. The van der Waals surface area contributed by atoms with Crippen LogP contribution in [0.25, 0.3) is 5.57 Å². The Morgan fingerprint density at radius 2 is 2.07 bits per heavy atom. The van der Waals surface area contributed by atoms with Gasteiger partial charge in [0.15, 0.2) is 0 Å². The predicted molar refractivity (Wildman–Crippen MR) is 132 cm³/mol. The first-order chi connectivity index (χ1) is 14.4. The Balaban J connectivity index is 0.000000890. The van der Waals surface area contributed by atoms with Crippen molar-refractivity contribution in [1.29, 1.82) is 5.41 Å². The smallest absolute Gasteiger partial charge is 0.134 e. The largest absolute Gasteiger partial charge is 0.367 e. The van der Waals surface area contributed by atoms with Crippen LogP contribution in [-0.4, -0.2) is 36.0 Å². The second-order valence-corrected chi connectivity index (χ2v) is 6.71. The van der Waals surface area contributed by atoms with Gasteiger partial charge in [0.2, 0.25) is 0 Å². The first-order valence-electron chi connectivity index (χ1n) is 10.2. The lowest BCUT2D eigenvalue weighted by molar-refractivity contribution is 0.683. The molecule has 0 saturated heterocycles. The van der Waals surface area contributed by atoms with E-state index in [0.29, 0.717) is 17.1 Å². The van der Waals surface area contributed by atoms with Crippen molar-refractivity contribution < 1.29 is 0 Å². The van der Waals surface area contributed by atoms with Gasteiger partial charge in [-0.2, -0.15) is 0 Å². The van der Waals surface area contributed by atoms with Crippen LogP contribution >= 0.6 is 0 Å². The molecule has 0 spiro atoms. The summed E-state index contributed by atoms with van der Waals surface area (Å²) in [6, 6.07) is 3.93. The average Bonchev–Trinajstić information content (AvgIpc) is 2.72. The second kappa shape index (κ2) is 16.8. The van der Waals surface area contributed by atoms with Gasteiger partial charge in [0, 0.05) is 48.3 Å². The molecule has 1 heterocycles. The van der Waals surface area contributed by atoms with E-state index in [-0.39, 0.29) is 6.04 Å². The SMILES string of the molecule is C#CC(/N=C(C)\C=C/C)=C(\C=N)c1cccnc1NC(C)C.C#CCCNCCC. The molecule has 160 valence electrons. The fourth-order valence-corrected chi connectivity index (χ4v) is 2.37. The van der Waals surface area contributed by atoms with Crippen molar-refractivity contribution in [1.82, 2.24) is 10.3 Å². The molecule has 0 aliphatic carbocycles. The van der Waals surface area contributed by atoms with Gasteiger partial charge in [0.25, 0.3) is 0 Å². The van der Waals surface area contributed by atoms with Gasteiger partial charge in [-0.1, -0.05) is 13.0 Å². The highest BCUT2D eigenvalue weighted by Gasteiger charge is 2.12. The Hall–Kier alpha value is -3.15. The summed E-state index contributed by atoms with van der Waals surface area (Å²) in [5, 5.41) is 14.2. The number of nitrogens with zero attached hydrogens (tertiary/aromatic N) is 2. The minimum atomic E-state index is 0.225. The first kappa shape index (κ1) is 26.9. The topological polar surface area (TPSA) is 73.2 Å². The molecule has 0 saturated carbocycles. The number of allylic oxidation sites excluding steroid dienone is 4. The number of pyridine rings is 1. The molecule has 0 aliphatic heterocycles. The fraction of sp³-hybridized carbons (Fsp3) is 0.400. The number of aliphatic imine (C=N–C) groups is 1. The van der Waals surface area contributed by atoms with E-state index in [1.807, 2.05) is 52.0 Å². The van der Waals surface area contributed by atoms with Crippen molar-refractivity contribution in [2.45, 2.75) is 53.5 Å². The lowest BCUT2D eigenvalue weighted by Crippen LogP contribution is -2.14. The van der Waals surface area contributed by atoms with Crippen LogP contribution in [0.15, 0.2) is 41.2 Å². The van der Waals surface area contributed by atoms with Crippen molar-refractivity contribution in [3.63, 3.8) is 0 Å². The summed E-state index contributed by atoms with van der Waals surface area (Å²) in [6.07, 6.45) is 19.4. The van der Waals surface area contributed by atoms with E-state index in [9.17, 15) is 0 Å². The van der Waals surface area contributed by atoms with Crippen molar-refractivity contribution in [3.05, 3.63) is 41.7 Å². The zero-order valence-corrected chi connectivity index (χ0v) is 18.9. The Morgan fingerprint density at radius 1 is 1.33 bits per heavy atom. The molecule has 0 radical (unpaired) electrons. The Labute approximate surface area is 182 Å². The molecular formula is C25H35N5. The number of rotatable bonds is 10. The van der Waals surface area contributed by atoms with Gasteiger partial charge in [-0.15, -0.1) is 18.8 Å². The molecule has 0 aliphatic rings. The van der Waals surface area contributed by atoms with Gasteiger partial charge in [-0.3, -0.25) is 0 Å². The lowest BCUT2D eigenvalue weighted by atomic mass is 10.1. The normalized spacial score (nSPS) is 11.8. The molecule has 1 rings (SSSR count). The fourth-order valence-electron chi connectivity index (χ4n) is 2.37. The van der Waals surface area contributed by atoms with Gasteiger partial charge < -0.3 is 16.0 Å². The summed E-state index contributed by atoms with van der Waals surface area (Å²) in [5.41, 5.74) is 2.56. The van der Waals surface area contributed by atoms with Crippen LogP contribution < -0.4 is 10.6 Å². The first-order valence-corrected chi connectivity index (χ1v) is 10.2. The zero-order valence-electron chi connectivity index (χ0n) is 18.9. The predicted octanol–water partition coefficient (Wildman–Crippen LogP) is 4.94. The third kappa shape index (κ3) is 11.0. The van der Waals surface area contributed by atoms with E-state index < -0.39 is 0 Å². The van der Waals surface area contributed by atoms with Gasteiger partial charge in [-0.05, 0) is 64.8 Å². The Morgan fingerprint density at radius 3 is 2.60 bits per heavy atom. The van der Waals surface area contributed by atoms with Gasteiger partial charge in [-0.25, -0.2) is 9.98 Å². The molecule has 3 N–H and O–H groups in total. The number of anilines is 1. The average molecular weight is 406 g/mol. The molecule has 30 heavy (non-hydrogen) atoms. The summed E-state index contributed by atoms with van der Waals surface area (Å²) in [5.74, 6) is 5.83. The van der Waals surface area contributed by atoms with E-state index in [1.165, 1.54) is 12.6 Å². The van der Waals surface area contributed by atoms with E-state index in [0.717, 1.165) is 30.8 Å². The summed E-state index contributed by atoms with van der Waals surface area (Å²) >= 11 is 0. The van der Waals surface area contributed by atoms with Crippen molar-refractivity contribution >= 4 is 23.3 Å². The minimum absolute atomic E-state index is 0.225. The van der Waals surface area contributed by atoms with Crippen LogP contribution in [0.5, 0.6) is 0 Å². The standard InChI is InChI=1S/C18H22N4.C7H13N/c1-6-9-14(5)22-17(7-2)16(12-19)15-10-8-11-20-18(15)21-13(3)4;1-3-5-7-8-6-4-2/h2,6,8-13,19H,1,3-5H3,(H,20,21);1,8H,4-7H2,2H3/b9-6-,17-16-,19-12?,22-14-;. The molecule has 0 amide bonds. The second-order valence-electron chi connectivity index (χ2n) is 6.71. The minimum Gasteiger partial charge on any atom is -0.367 e. The molecule has 0 atom stereocenters. The van der Waals surface area contributed by atoms with Crippen LogP contribution in [0.1, 0.15) is 53.0 Å². The van der Waals surface area contributed by atoms with Gasteiger partial charge in [0.1, 0.15) is 11.5 Å². The summed E-state index contributed by atoms with van der Waals surface area (Å²) in [7, 11) is 0. The molecular weight excluding hydrogens is 370 g/mol. The summed E-state index contributed by atoms with van der Waals surface area (Å²) in [6.45, 7) is 12.0. The summed E-state index contributed by atoms with van der Waals surface area (Å²) < 4.78 is 0. The number of hydrogen-bond donors (Lipinski definition) is 3. The molecule has 1 aromatic heterocycles. The molecule has 5 nitrogen and oxygen atoms in total. The van der Waals surface area contributed by atoms with E-state index in [2.05, 4.69) is 39.4 Å². The monoisotopic (exact) mass is 405 g/mol. The zero-order chi connectivity index (χ0) is 22.8. The van der Waals surface area contributed by atoms with Crippen LogP contribution in [0.4, 0.5) is 5.82 Å². The maximum atomic E-state index is 7.74. The quantitative estimate of drug-likeness (QED) is 0.293. The lowest BCUT2D eigenvalue weighted by Gasteiger charge is -2.14. The van der Waals surface area contributed by atoms with Crippen LogP contribution in [0.2, 0.25) is 0 Å². The summed E-state index contributed by atoms with van der Waals surface area (Å²) in [4.78, 5) is 8.76. The number of hydrogen-bond acceptors (Lipinski definition) is 5. The van der Waals surface area contributed by atoms with Crippen LogP contribution in [-0.2, 0) is 0 Å². The van der Waals surface area contributed by atoms with Crippen molar-refractivity contribution in [2.75, 3.05) is 18.4 Å². The molecule has 1 aromatic rings. The van der Waals surface area contributed by atoms with Crippen molar-refractivity contribution in [2.24, 2.45) is 4.99 Å².